The summed E-state index contributed by atoms with van der Waals surface area (Å²) in [7, 11) is -4.16. The van der Waals surface area contributed by atoms with Crippen molar-refractivity contribution in [1.82, 2.24) is 15.0 Å². The van der Waals surface area contributed by atoms with Gasteiger partial charge in [-0.25, -0.2) is 17.8 Å². The molecule has 1 aliphatic rings. The van der Waals surface area contributed by atoms with Gasteiger partial charge in [-0.1, -0.05) is 26.0 Å². The Morgan fingerprint density at radius 2 is 1.97 bits per heavy atom. The number of aryl methyl sites for hydroxylation is 2. The van der Waals surface area contributed by atoms with Crippen LogP contribution in [0.2, 0.25) is 0 Å². The number of thiazole rings is 1. The molecule has 3 rings (SSSR count). The Balaban J connectivity index is 1.61. The molecule has 0 saturated carbocycles. The van der Waals surface area contributed by atoms with Crippen LogP contribution >= 0.6 is 11.3 Å². The summed E-state index contributed by atoms with van der Waals surface area (Å²) < 4.78 is 41.3. The van der Waals surface area contributed by atoms with Crippen LogP contribution < -0.4 is 10.0 Å². The van der Waals surface area contributed by atoms with Gasteiger partial charge in [0.25, 0.3) is 0 Å². The number of hydrogen-bond donors (Lipinski definition) is 2. The molecule has 2 aromatic rings. The van der Waals surface area contributed by atoms with Crippen molar-refractivity contribution >= 4 is 27.3 Å². The van der Waals surface area contributed by atoms with E-state index in [1.54, 1.807) is 25.2 Å². The monoisotopic (exact) mass is 439 g/mol. The minimum Gasteiger partial charge on any atom is -0.354 e. The van der Waals surface area contributed by atoms with Crippen LogP contribution in [0.5, 0.6) is 0 Å². The molecule has 6 nitrogen and oxygen atoms in total. The first kappa shape index (κ1) is 21.9. The first-order valence-corrected chi connectivity index (χ1v) is 12.1. The van der Waals surface area contributed by atoms with Crippen molar-refractivity contribution in [3.8, 4) is 0 Å². The van der Waals surface area contributed by atoms with E-state index < -0.39 is 32.7 Å². The Kier molecular flexibility index (Phi) is 7.02. The van der Waals surface area contributed by atoms with Crippen LogP contribution in [0.25, 0.3) is 0 Å². The first-order chi connectivity index (χ1) is 13.8. The molecule has 0 aliphatic heterocycles. The molecule has 9 heteroatoms. The molecule has 1 heterocycles. The minimum atomic E-state index is -4.16. The first-order valence-electron chi connectivity index (χ1n) is 9.80. The predicted octanol–water partition coefficient (Wildman–Crippen LogP) is 2.82. The molecule has 29 heavy (non-hydrogen) atoms. The molecule has 158 valence electrons. The Labute approximate surface area is 175 Å². The number of nitrogens with zero attached hydrogens (tertiary/aromatic N) is 1. The second-order valence-corrected chi connectivity index (χ2v) is 10.3. The van der Waals surface area contributed by atoms with Crippen molar-refractivity contribution in [2.45, 2.75) is 56.9 Å². The highest BCUT2D eigenvalue weighted by molar-refractivity contribution is 7.89. The number of aromatic nitrogens is 1. The Morgan fingerprint density at radius 1 is 1.24 bits per heavy atom. The third kappa shape index (κ3) is 5.40. The highest BCUT2D eigenvalue weighted by atomic mass is 32.2. The third-order valence-corrected chi connectivity index (χ3v) is 7.58. The van der Waals surface area contributed by atoms with E-state index >= 15 is 0 Å². The lowest BCUT2D eigenvalue weighted by molar-refractivity contribution is -0.123. The number of hydrogen-bond acceptors (Lipinski definition) is 5. The second-order valence-electron chi connectivity index (χ2n) is 7.50. The molecular weight excluding hydrogens is 413 g/mol. The zero-order chi connectivity index (χ0) is 21.0. The molecule has 0 saturated heterocycles. The number of carbonyl (C=O) groups excluding carboxylic acids is 1. The van der Waals surface area contributed by atoms with Gasteiger partial charge in [0, 0.05) is 17.8 Å². The number of sulfonamides is 1. The van der Waals surface area contributed by atoms with E-state index in [1.165, 1.54) is 41.6 Å². The van der Waals surface area contributed by atoms with Crippen LogP contribution in [0.3, 0.4) is 0 Å². The fraction of sp³-hybridized carbons (Fsp3) is 0.500. The standard InChI is InChI=1S/C20H26FN3O3S2/c1-13(2)19(24-29(26,27)17-10-6-3-7-14(17)21)20(25)22-12-11-18-23-15-8-4-5-9-16(15)28-18/h3,6-7,10,13,19,24H,4-5,8-9,11-12H2,1-2H3,(H,22,25)/t19-/m0/s1. The Hall–Kier alpha value is -1.84. The number of carbonyl (C=O) groups is 1. The molecular formula is C20H26FN3O3S2. The van der Waals surface area contributed by atoms with Crippen molar-refractivity contribution in [2.24, 2.45) is 5.92 Å². The summed E-state index contributed by atoms with van der Waals surface area (Å²) in [5.41, 5.74) is 1.18. The summed E-state index contributed by atoms with van der Waals surface area (Å²) >= 11 is 1.69. The lowest BCUT2D eigenvalue weighted by atomic mass is 10.0. The van der Waals surface area contributed by atoms with Crippen LogP contribution in [0.4, 0.5) is 4.39 Å². The molecule has 0 bridgehead atoms. The molecule has 0 unspecified atom stereocenters. The lowest BCUT2D eigenvalue weighted by Gasteiger charge is -2.21. The van der Waals surface area contributed by atoms with Gasteiger partial charge < -0.3 is 5.32 Å². The van der Waals surface area contributed by atoms with Crippen LogP contribution in [-0.2, 0) is 34.1 Å². The summed E-state index contributed by atoms with van der Waals surface area (Å²) in [6.45, 7) is 3.85. The van der Waals surface area contributed by atoms with Gasteiger partial charge >= 0.3 is 0 Å². The largest absolute Gasteiger partial charge is 0.354 e. The van der Waals surface area contributed by atoms with Crippen molar-refractivity contribution in [2.75, 3.05) is 6.54 Å². The van der Waals surface area contributed by atoms with Crippen molar-refractivity contribution in [1.29, 1.82) is 0 Å². The van der Waals surface area contributed by atoms with Gasteiger partial charge in [-0.2, -0.15) is 4.72 Å². The van der Waals surface area contributed by atoms with E-state index in [-0.39, 0.29) is 5.92 Å². The van der Waals surface area contributed by atoms with E-state index in [1.807, 2.05) is 0 Å². The van der Waals surface area contributed by atoms with Gasteiger partial charge in [0.05, 0.1) is 10.7 Å². The molecule has 0 fully saturated rings. The van der Waals surface area contributed by atoms with Gasteiger partial charge in [0.15, 0.2) is 0 Å². The number of amides is 1. The lowest BCUT2D eigenvalue weighted by Crippen LogP contribution is -2.50. The maximum atomic E-state index is 13.9. The quantitative estimate of drug-likeness (QED) is 0.662. The summed E-state index contributed by atoms with van der Waals surface area (Å²) in [5, 5.41) is 3.78. The zero-order valence-electron chi connectivity index (χ0n) is 16.6. The Bertz CT molecular complexity index is 950. The van der Waals surface area contributed by atoms with E-state index in [0.29, 0.717) is 13.0 Å². The van der Waals surface area contributed by atoms with Crippen LogP contribution in [0.1, 0.15) is 42.3 Å². The molecule has 1 amide bonds. The third-order valence-electron chi connectivity index (χ3n) is 4.89. The maximum absolute atomic E-state index is 13.9. The molecule has 1 aromatic heterocycles. The average molecular weight is 440 g/mol. The molecule has 1 atom stereocenters. The normalized spacial score (nSPS) is 15.2. The van der Waals surface area contributed by atoms with Crippen LogP contribution in [0, 0.1) is 11.7 Å². The van der Waals surface area contributed by atoms with E-state index in [2.05, 4.69) is 15.0 Å². The highest BCUT2D eigenvalue weighted by Crippen LogP contribution is 2.26. The maximum Gasteiger partial charge on any atom is 0.244 e. The van der Waals surface area contributed by atoms with Gasteiger partial charge in [-0.3, -0.25) is 4.79 Å². The van der Waals surface area contributed by atoms with E-state index in [0.717, 1.165) is 23.9 Å². The predicted molar refractivity (Wildman–Crippen MR) is 111 cm³/mol. The summed E-state index contributed by atoms with van der Waals surface area (Å²) in [6, 6.07) is 4.11. The number of fused-ring (bicyclic) bond motifs is 1. The van der Waals surface area contributed by atoms with E-state index in [9.17, 15) is 17.6 Å². The number of rotatable bonds is 8. The van der Waals surface area contributed by atoms with Crippen LogP contribution in [0.15, 0.2) is 29.2 Å². The fourth-order valence-corrected chi connectivity index (χ4v) is 5.88. The smallest absolute Gasteiger partial charge is 0.244 e. The molecule has 1 aromatic carbocycles. The fourth-order valence-electron chi connectivity index (χ4n) is 3.30. The highest BCUT2D eigenvalue weighted by Gasteiger charge is 2.29. The van der Waals surface area contributed by atoms with Gasteiger partial charge in [-0.05, 0) is 43.7 Å². The average Bonchev–Trinajstić information content (AvgIpc) is 3.09. The molecule has 0 radical (unpaired) electrons. The molecule has 2 N–H and O–H groups in total. The summed E-state index contributed by atoms with van der Waals surface area (Å²) in [6.07, 6.45) is 5.07. The van der Waals surface area contributed by atoms with Gasteiger partial charge in [0.1, 0.15) is 16.8 Å². The summed E-state index contributed by atoms with van der Waals surface area (Å²) in [4.78, 5) is 18.1. The van der Waals surface area contributed by atoms with Crippen molar-refractivity contribution < 1.29 is 17.6 Å². The van der Waals surface area contributed by atoms with Crippen molar-refractivity contribution in [3.05, 3.63) is 45.7 Å². The van der Waals surface area contributed by atoms with E-state index in [4.69, 9.17) is 0 Å². The minimum absolute atomic E-state index is 0.302. The number of benzene rings is 1. The van der Waals surface area contributed by atoms with Gasteiger partial charge in [0.2, 0.25) is 15.9 Å². The topological polar surface area (TPSA) is 88.2 Å². The number of halogens is 1. The number of nitrogens with one attached hydrogen (secondary N) is 2. The van der Waals surface area contributed by atoms with Crippen LogP contribution in [-0.4, -0.2) is 31.9 Å². The Morgan fingerprint density at radius 3 is 2.66 bits per heavy atom. The van der Waals surface area contributed by atoms with Crippen molar-refractivity contribution in [3.63, 3.8) is 0 Å². The molecule has 1 aliphatic carbocycles. The van der Waals surface area contributed by atoms with Gasteiger partial charge in [-0.15, -0.1) is 11.3 Å². The second kappa shape index (κ2) is 9.32. The molecule has 0 spiro atoms. The summed E-state index contributed by atoms with van der Waals surface area (Å²) in [5.74, 6) is -1.58. The zero-order valence-corrected chi connectivity index (χ0v) is 18.2. The SMILES string of the molecule is CC(C)[C@H](NS(=O)(=O)c1ccccc1F)C(=O)NCCc1nc2c(s1)CCCC2.